The van der Waals surface area contributed by atoms with Gasteiger partial charge in [-0.3, -0.25) is 24.0 Å². The number of ketones is 1. The van der Waals surface area contributed by atoms with E-state index in [9.17, 15) is 37.9 Å². The van der Waals surface area contributed by atoms with Gasteiger partial charge in [-0.25, -0.2) is 8.78 Å². The summed E-state index contributed by atoms with van der Waals surface area (Å²) in [5.41, 5.74) is 0.740. The van der Waals surface area contributed by atoms with Gasteiger partial charge in [0.15, 0.2) is 5.78 Å². The molecular formula is C50H56F2N4O10. The second kappa shape index (κ2) is 21.4. The van der Waals surface area contributed by atoms with Crippen molar-refractivity contribution in [1.29, 1.82) is 0 Å². The molecule has 66 heavy (non-hydrogen) atoms. The van der Waals surface area contributed by atoms with E-state index in [4.69, 9.17) is 18.9 Å². The number of nitrogens with one attached hydrogen (secondary N) is 2. The normalized spacial score (nSPS) is 24.0. The molecule has 16 heteroatoms. The smallest absolute Gasteiger partial charge is 0.251 e. The summed E-state index contributed by atoms with van der Waals surface area (Å²) in [6, 6.07) is 28.4. The quantitative estimate of drug-likeness (QED) is 0.135. The fourth-order valence-corrected chi connectivity index (χ4v) is 8.67. The second-order valence-electron chi connectivity index (χ2n) is 17.7. The molecule has 4 saturated heterocycles. The Morgan fingerprint density at radius 3 is 1.53 bits per heavy atom. The van der Waals surface area contributed by atoms with Crippen LogP contribution >= 0.6 is 0 Å². The minimum absolute atomic E-state index is 0.00184. The number of para-hydroxylation sites is 2. The van der Waals surface area contributed by atoms with Crippen LogP contribution < -0.4 is 20.1 Å². The first kappa shape index (κ1) is 47.7. The third kappa shape index (κ3) is 11.4. The van der Waals surface area contributed by atoms with Gasteiger partial charge in [0.05, 0.1) is 25.7 Å². The predicted molar refractivity (Wildman–Crippen MR) is 239 cm³/mol. The third-order valence-electron chi connectivity index (χ3n) is 11.8. The van der Waals surface area contributed by atoms with Gasteiger partial charge in [-0.15, -0.1) is 0 Å². The van der Waals surface area contributed by atoms with Crippen LogP contribution in [0.1, 0.15) is 61.3 Å². The average molecular weight is 911 g/mol. The molecule has 4 amide bonds. The van der Waals surface area contributed by atoms with Crippen LogP contribution in [0.2, 0.25) is 0 Å². The number of hydrogen-bond donors (Lipinski definition) is 3. The molecule has 0 saturated carbocycles. The average Bonchev–Trinajstić information content (AvgIpc) is 4.07. The number of benzene rings is 4. The van der Waals surface area contributed by atoms with Crippen LogP contribution in [0, 0.1) is 11.8 Å². The van der Waals surface area contributed by atoms with E-state index in [2.05, 4.69) is 10.6 Å². The highest BCUT2D eigenvalue weighted by atomic mass is 19.1. The van der Waals surface area contributed by atoms with E-state index in [0.717, 1.165) is 0 Å². The number of amides is 4. The number of carbonyl (C=O) groups is 5. The minimum atomic E-state index is -1.42. The molecule has 14 nitrogen and oxygen atoms in total. The van der Waals surface area contributed by atoms with Gasteiger partial charge in [-0.1, -0.05) is 64.1 Å². The van der Waals surface area contributed by atoms with Crippen molar-refractivity contribution in [2.45, 2.75) is 95.4 Å². The summed E-state index contributed by atoms with van der Waals surface area (Å²) in [5.74, 6) is 0.722. The number of Topliss-reactive ketones (excluding diaryl/α,β-unsaturated/α-hetero) is 1. The Kier molecular flexibility index (Phi) is 15.5. The lowest BCUT2D eigenvalue weighted by Gasteiger charge is -2.30. The molecule has 4 aromatic rings. The van der Waals surface area contributed by atoms with E-state index in [1.54, 1.807) is 48.5 Å². The zero-order valence-electron chi connectivity index (χ0n) is 37.3. The molecule has 0 aromatic heterocycles. The van der Waals surface area contributed by atoms with Gasteiger partial charge in [-0.05, 0) is 97.5 Å². The fourth-order valence-electron chi connectivity index (χ4n) is 8.67. The van der Waals surface area contributed by atoms with Crippen molar-refractivity contribution in [1.82, 2.24) is 20.4 Å². The number of aliphatic hydroxyl groups excluding tert-OH is 1. The number of alkyl halides is 2. The highest BCUT2D eigenvalue weighted by Crippen LogP contribution is 2.33. The lowest BCUT2D eigenvalue weighted by atomic mass is 10.0. The number of likely N-dealkylation sites (tertiary alicyclic amines) is 2. The summed E-state index contributed by atoms with van der Waals surface area (Å²) < 4.78 is 50.8. The number of nitrogens with zero attached hydrogens (tertiary/aromatic N) is 2. The van der Waals surface area contributed by atoms with Gasteiger partial charge in [-0.2, -0.15) is 0 Å². The molecule has 4 aliphatic rings. The fraction of sp³-hybridized carbons (Fsp3) is 0.420. The van der Waals surface area contributed by atoms with Crippen LogP contribution in [-0.4, -0.2) is 125 Å². The summed E-state index contributed by atoms with van der Waals surface area (Å²) in [6.45, 7) is 7.18. The maximum absolute atomic E-state index is 14.4. The molecule has 8 rings (SSSR count). The first-order valence-electron chi connectivity index (χ1n) is 22.3. The number of ether oxygens (including phenoxy) is 4. The van der Waals surface area contributed by atoms with Gasteiger partial charge in [0.2, 0.25) is 11.8 Å². The predicted octanol–water partition coefficient (Wildman–Crippen LogP) is 6.07. The van der Waals surface area contributed by atoms with Gasteiger partial charge in [0.1, 0.15) is 78.4 Å². The van der Waals surface area contributed by atoms with Crippen molar-refractivity contribution >= 4 is 29.4 Å². The number of aliphatic hydroxyl groups is 1. The summed E-state index contributed by atoms with van der Waals surface area (Å²) in [6.07, 6.45) is -4.71. The van der Waals surface area contributed by atoms with Crippen molar-refractivity contribution in [3.63, 3.8) is 0 Å². The Morgan fingerprint density at radius 1 is 0.636 bits per heavy atom. The lowest BCUT2D eigenvalue weighted by molar-refractivity contribution is -0.138. The maximum Gasteiger partial charge on any atom is 0.251 e. The van der Waals surface area contributed by atoms with E-state index in [0.29, 0.717) is 47.0 Å². The van der Waals surface area contributed by atoms with Gasteiger partial charge < -0.3 is 44.5 Å². The molecule has 9 atom stereocenters. The summed E-state index contributed by atoms with van der Waals surface area (Å²) >= 11 is 0. The molecule has 0 radical (unpaired) electrons. The Bertz CT molecular complexity index is 2300. The Morgan fingerprint density at radius 2 is 1.06 bits per heavy atom. The number of fused-ring (bicyclic) bond motifs is 2. The minimum Gasteiger partial charge on any atom is -0.457 e. The second-order valence-corrected chi connectivity index (χ2v) is 17.7. The highest BCUT2D eigenvalue weighted by molar-refractivity contribution is 6.00. The molecule has 0 bridgehead atoms. The van der Waals surface area contributed by atoms with Gasteiger partial charge >= 0.3 is 0 Å². The van der Waals surface area contributed by atoms with Gasteiger partial charge in [0, 0.05) is 11.1 Å². The monoisotopic (exact) mass is 910 g/mol. The van der Waals surface area contributed by atoms with Crippen LogP contribution in [0.25, 0.3) is 0 Å². The van der Waals surface area contributed by atoms with Crippen molar-refractivity contribution < 1.29 is 56.8 Å². The molecule has 4 heterocycles. The van der Waals surface area contributed by atoms with Crippen molar-refractivity contribution in [2.75, 3.05) is 26.3 Å². The molecule has 4 aromatic carbocycles. The summed E-state index contributed by atoms with van der Waals surface area (Å²) in [5, 5.41) is 15.8. The van der Waals surface area contributed by atoms with Gasteiger partial charge in [0.25, 0.3) is 11.8 Å². The number of carbonyl (C=O) groups excluding carboxylic acids is 5. The molecule has 3 N–H and O–H groups in total. The number of rotatable bonds is 14. The summed E-state index contributed by atoms with van der Waals surface area (Å²) in [7, 11) is 0. The third-order valence-corrected chi connectivity index (χ3v) is 11.8. The van der Waals surface area contributed by atoms with E-state index in [-0.39, 0.29) is 43.9 Å². The molecular weight excluding hydrogens is 855 g/mol. The molecule has 4 fully saturated rings. The van der Waals surface area contributed by atoms with Crippen LogP contribution in [0.15, 0.2) is 109 Å². The largest absolute Gasteiger partial charge is 0.457 e. The van der Waals surface area contributed by atoms with Crippen LogP contribution in [-0.2, 0) is 23.9 Å². The molecule has 4 aliphatic heterocycles. The standard InChI is InChI=1S/C25H29FN2O5.C25H27FN2O5/c2*1-15(2)12-20(25(31)28-13-19(26)23-22(28)21(29)14-32-23)27-24(30)16-8-10-18(11-9-16)33-17-6-4-3-5-7-17/h3-11,15,19-23,29H,12-14H2,1-2H3,(H,27,30);3-11,15,19-20,22-23H,12-14H2,1-2H3,(H,27,30)/t19-,20-,21-,22+,23+;19-,20-,22+,23+/m00/s1. The Labute approximate surface area is 382 Å². The summed E-state index contributed by atoms with van der Waals surface area (Å²) in [4.78, 5) is 67.1. The van der Waals surface area contributed by atoms with Crippen molar-refractivity contribution in [3.05, 3.63) is 120 Å². The zero-order valence-corrected chi connectivity index (χ0v) is 37.3. The zero-order chi connectivity index (χ0) is 47.1. The number of hydrogen-bond acceptors (Lipinski definition) is 10. The Hall–Kier alpha value is -6.23. The van der Waals surface area contributed by atoms with Crippen molar-refractivity contribution in [3.8, 4) is 23.0 Å². The Balaban J connectivity index is 0.000000196. The van der Waals surface area contributed by atoms with Crippen LogP contribution in [0.5, 0.6) is 23.0 Å². The molecule has 0 unspecified atom stereocenters. The first-order chi connectivity index (χ1) is 31.7. The SMILES string of the molecule is CC(C)C[C@H](NC(=O)c1ccc(Oc2ccccc2)cc1)C(=O)N1C[C@H](F)[C@H]2OCC(=O)[C@H]21.CC(C)C[C@H](NC(=O)c1ccc(Oc2ccccc2)cc1)C(=O)N1C[C@H](F)[C@H]2OC[C@H](O)[C@H]21. The van der Waals surface area contributed by atoms with Crippen LogP contribution in [0.3, 0.4) is 0 Å². The van der Waals surface area contributed by atoms with Crippen molar-refractivity contribution in [2.24, 2.45) is 11.8 Å². The topological polar surface area (TPSA) is 173 Å². The first-order valence-corrected chi connectivity index (χ1v) is 22.3. The van der Waals surface area contributed by atoms with E-state index < -0.39 is 78.5 Å². The van der Waals surface area contributed by atoms with Crippen LogP contribution in [0.4, 0.5) is 8.78 Å². The van der Waals surface area contributed by atoms with E-state index >= 15 is 0 Å². The van der Waals surface area contributed by atoms with E-state index in [1.807, 2.05) is 88.4 Å². The molecule has 0 spiro atoms. The highest BCUT2D eigenvalue weighted by Gasteiger charge is 2.55. The van der Waals surface area contributed by atoms with E-state index in [1.165, 1.54) is 9.80 Å². The maximum atomic E-state index is 14.4. The molecule has 0 aliphatic carbocycles. The molecule has 350 valence electrons. The lowest BCUT2D eigenvalue weighted by Crippen LogP contribution is -2.53. The number of halogens is 2.